The van der Waals surface area contributed by atoms with Crippen LogP contribution >= 0.6 is 0 Å². The van der Waals surface area contributed by atoms with Crippen molar-refractivity contribution >= 4 is 0 Å². The monoisotopic (exact) mass is 156 g/mol. The molecule has 0 fully saturated rings. The number of rotatable bonds is 3. The van der Waals surface area contributed by atoms with E-state index in [1.54, 1.807) is 7.05 Å². The minimum atomic E-state index is -0.212. The summed E-state index contributed by atoms with van der Waals surface area (Å²) >= 11 is 0. The van der Waals surface area contributed by atoms with Crippen LogP contribution in [-0.4, -0.2) is 21.9 Å². The van der Waals surface area contributed by atoms with Crippen molar-refractivity contribution in [2.45, 2.75) is 19.8 Å². The average Bonchev–Trinajstić information content (AvgIpc) is 2.33. The number of hydrogen-bond acceptors (Lipinski definition) is 3. The molecular formula is C6H12N4O. The van der Waals surface area contributed by atoms with Gasteiger partial charge >= 0.3 is 5.69 Å². The van der Waals surface area contributed by atoms with E-state index < -0.39 is 0 Å². The highest BCUT2D eigenvalue weighted by Gasteiger charge is 2.03. The highest BCUT2D eigenvalue weighted by molar-refractivity contribution is 4.88. The predicted molar refractivity (Wildman–Crippen MR) is 42.1 cm³/mol. The molecule has 0 amide bonds. The van der Waals surface area contributed by atoms with Gasteiger partial charge < -0.3 is 5.43 Å². The van der Waals surface area contributed by atoms with Crippen molar-refractivity contribution in [2.75, 3.05) is 12.5 Å². The summed E-state index contributed by atoms with van der Waals surface area (Å²) in [6.45, 7) is 2.04. The molecule has 1 aromatic rings. The number of H-pyrrole nitrogens is 1. The summed E-state index contributed by atoms with van der Waals surface area (Å²) in [5.74, 6) is 0.750. The van der Waals surface area contributed by atoms with E-state index in [0.29, 0.717) is 0 Å². The third-order valence-electron chi connectivity index (χ3n) is 1.44. The summed E-state index contributed by atoms with van der Waals surface area (Å²) < 4.78 is 1.41. The lowest BCUT2D eigenvalue weighted by molar-refractivity contribution is 0.754. The van der Waals surface area contributed by atoms with E-state index in [-0.39, 0.29) is 5.69 Å². The lowest BCUT2D eigenvalue weighted by atomic mass is 10.3. The van der Waals surface area contributed by atoms with Gasteiger partial charge in [0.05, 0.1) is 0 Å². The smallest absolute Gasteiger partial charge is 0.323 e. The lowest BCUT2D eigenvalue weighted by Crippen LogP contribution is -2.25. The van der Waals surface area contributed by atoms with Gasteiger partial charge in [0.15, 0.2) is 5.82 Å². The molecule has 0 radical (unpaired) electrons. The lowest BCUT2D eigenvalue weighted by Gasteiger charge is -2.00. The van der Waals surface area contributed by atoms with Gasteiger partial charge in [0.1, 0.15) is 0 Å². The second-order valence-corrected chi connectivity index (χ2v) is 2.25. The SMILES string of the molecule is CCCc1n[nH]c(=O)n1NC. The molecular weight excluding hydrogens is 144 g/mol. The Labute approximate surface area is 64.4 Å². The van der Waals surface area contributed by atoms with E-state index in [2.05, 4.69) is 15.6 Å². The van der Waals surface area contributed by atoms with Crippen LogP contribution < -0.4 is 11.1 Å². The second kappa shape index (κ2) is 3.23. The van der Waals surface area contributed by atoms with Gasteiger partial charge in [0, 0.05) is 13.5 Å². The van der Waals surface area contributed by atoms with Crippen LogP contribution in [-0.2, 0) is 6.42 Å². The fourth-order valence-corrected chi connectivity index (χ4v) is 0.951. The molecule has 0 saturated heterocycles. The molecule has 0 aliphatic heterocycles. The number of aromatic amines is 1. The van der Waals surface area contributed by atoms with Gasteiger partial charge in [-0.2, -0.15) is 9.77 Å². The standard InChI is InChI=1S/C6H12N4O/c1-3-4-5-8-9-6(11)10(5)7-2/h7H,3-4H2,1-2H3,(H,9,11). The zero-order valence-electron chi connectivity index (χ0n) is 6.72. The summed E-state index contributed by atoms with van der Waals surface area (Å²) in [5.41, 5.74) is 2.53. The van der Waals surface area contributed by atoms with Crippen LogP contribution in [0.4, 0.5) is 0 Å². The number of hydrogen-bond donors (Lipinski definition) is 2. The van der Waals surface area contributed by atoms with Crippen LogP contribution in [0.3, 0.4) is 0 Å². The van der Waals surface area contributed by atoms with Gasteiger partial charge in [-0.05, 0) is 6.42 Å². The van der Waals surface area contributed by atoms with Crippen molar-refractivity contribution in [1.82, 2.24) is 14.9 Å². The highest BCUT2D eigenvalue weighted by Crippen LogP contribution is 1.91. The maximum Gasteiger partial charge on any atom is 0.362 e. The van der Waals surface area contributed by atoms with E-state index in [0.717, 1.165) is 18.7 Å². The van der Waals surface area contributed by atoms with Gasteiger partial charge in [-0.15, -0.1) is 0 Å². The molecule has 0 saturated carbocycles. The normalized spacial score (nSPS) is 10.0. The molecule has 0 unspecified atom stereocenters. The van der Waals surface area contributed by atoms with E-state index in [1.807, 2.05) is 6.92 Å². The molecule has 2 N–H and O–H groups in total. The zero-order valence-corrected chi connectivity index (χ0v) is 6.72. The van der Waals surface area contributed by atoms with Gasteiger partial charge in [-0.25, -0.2) is 9.89 Å². The van der Waals surface area contributed by atoms with Crippen LogP contribution in [0.25, 0.3) is 0 Å². The third kappa shape index (κ3) is 1.42. The number of nitrogens with zero attached hydrogens (tertiary/aromatic N) is 2. The third-order valence-corrected chi connectivity index (χ3v) is 1.44. The van der Waals surface area contributed by atoms with Crippen molar-refractivity contribution in [2.24, 2.45) is 0 Å². The number of aromatic nitrogens is 3. The van der Waals surface area contributed by atoms with Gasteiger partial charge in [-0.3, -0.25) is 0 Å². The van der Waals surface area contributed by atoms with Crippen molar-refractivity contribution < 1.29 is 0 Å². The average molecular weight is 156 g/mol. The van der Waals surface area contributed by atoms with Crippen LogP contribution in [0, 0.1) is 0 Å². The molecule has 0 spiro atoms. The van der Waals surface area contributed by atoms with Gasteiger partial charge in [0.25, 0.3) is 0 Å². The maximum atomic E-state index is 10.9. The second-order valence-electron chi connectivity index (χ2n) is 2.25. The van der Waals surface area contributed by atoms with Crippen molar-refractivity contribution in [3.63, 3.8) is 0 Å². The summed E-state index contributed by atoms with van der Waals surface area (Å²) in [6, 6.07) is 0. The summed E-state index contributed by atoms with van der Waals surface area (Å²) in [5, 5.41) is 6.21. The molecule has 1 aromatic heterocycles. The Morgan fingerprint density at radius 3 is 3.00 bits per heavy atom. The van der Waals surface area contributed by atoms with E-state index in [1.165, 1.54) is 4.68 Å². The Kier molecular flexibility index (Phi) is 2.30. The molecule has 0 atom stereocenters. The van der Waals surface area contributed by atoms with E-state index in [9.17, 15) is 4.79 Å². The van der Waals surface area contributed by atoms with E-state index >= 15 is 0 Å². The minimum Gasteiger partial charge on any atom is -0.323 e. The summed E-state index contributed by atoms with van der Waals surface area (Å²) in [4.78, 5) is 10.9. The van der Waals surface area contributed by atoms with Gasteiger partial charge in [-0.1, -0.05) is 6.92 Å². The van der Waals surface area contributed by atoms with Crippen LogP contribution in [0.5, 0.6) is 0 Å². The van der Waals surface area contributed by atoms with Crippen LogP contribution in [0.2, 0.25) is 0 Å². The Morgan fingerprint density at radius 1 is 1.73 bits per heavy atom. The minimum absolute atomic E-state index is 0.212. The van der Waals surface area contributed by atoms with Crippen molar-refractivity contribution in [3.05, 3.63) is 16.3 Å². The number of aryl methyl sites for hydroxylation is 1. The van der Waals surface area contributed by atoms with Gasteiger partial charge in [0.2, 0.25) is 0 Å². The Morgan fingerprint density at radius 2 is 2.45 bits per heavy atom. The molecule has 11 heavy (non-hydrogen) atoms. The molecule has 5 nitrogen and oxygen atoms in total. The zero-order chi connectivity index (χ0) is 8.27. The molecule has 5 heteroatoms. The Bertz CT molecular complexity index is 274. The highest BCUT2D eigenvalue weighted by atomic mass is 16.2. The largest absolute Gasteiger partial charge is 0.362 e. The van der Waals surface area contributed by atoms with E-state index in [4.69, 9.17) is 0 Å². The van der Waals surface area contributed by atoms with Crippen molar-refractivity contribution in [3.8, 4) is 0 Å². The molecule has 1 rings (SSSR count). The first-order chi connectivity index (χ1) is 5.29. The predicted octanol–water partition coefficient (Wildman–Crippen LogP) is -0.303. The fourth-order valence-electron chi connectivity index (χ4n) is 0.951. The topological polar surface area (TPSA) is 62.7 Å². The van der Waals surface area contributed by atoms with Crippen molar-refractivity contribution in [1.29, 1.82) is 0 Å². The molecule has 62 valence electrons. The quantitative estimate of drug-likeness (QED) is 0.631. The summed E-state index contributed by atoms with van der Waals surface area (Å²) in [7, 11) is 1.69. The molecule has 0 aliphatic rings. The molecule has 0 bridgehead atoms. The van der Waals surface area contributed by atoms with Crippen LogP contribution in [0.15, 0.2) is 4.79 Å². The molecule has 0 aromatic carbocycles. The first kappa shape index (κ1) is 7.84. The fraction of sp³-hybridized carbons (Fsp3) is 0.667. The first-order valence-electron chi connectivity index (χ1n) is 3.63. The Hall–Kier alpha value is -1.26. The summed E-state index contributed by atoms with van der Waals surface area (Å²) in [6.07, 6.45) is 1.78. The maximum absolute atomic E-state index is 10.9. The number of nitrogens with one attached hydrogen (secondary N) is 2. The molecule has 0 aliphatic carbocycles. The van der Waals surface area contributed by atoms with Crippen LogP contribution in [0.1, 0.15) is 19.2 Å². The molecule has 1 heterocycles. The Balaban J connectivity index is 2.96. The first-order valence-corrected chi connectivity index (χ1v) is 3.63.